The maximum Gasteiger partial charge on any atom is 0.253 e. The van der Waals surface area contributed by atoms with E-state index in [0.29, 0.717) is 6.54 Å². The number of carbonyl (C=O) groups excluding carboxylic acids is 2. The molecule has 1 rings (SSSR count). The van der Waals surface area contributed by atoms with Gasteiger partial charge in [-0.05, 0) is 0 Å². The Morgan fingerprint density at radius 1 is 1.27 bits per heavy atom. The highest BCUT2D eigenvalue weighted by atomic mass is 32.2. The molecule has 0 spiro atoms. The fourth-order valence-corrected chi connectivity index (χ4v) is 2.16. The molecule has 0 unspecified atom stereocenters. The van der Waals surface area contributed by atoms with Gasteiger partial charge in [-0.15, -0.1) is 0 Å². The lowest BCUT2D eigenvalue weighted by Gasteiger charge is -2.13. The normalized spacial score (nSPS) is 16.5. The van der Waals surface area contributed by atoms with Crippen molar-refractivity contribution in [3.63, 3.8) is 0 Å². The van der Waals surface area contributed by atoms with Crippen LogP contribution in [0.2, 0.25) is 0 Å². The highest BCUT2D eigenvalue weighted by Gasteiger charge is 2.24. The molecule has 0 radical (unpaired) electrons. The Kier molecular flexibility index (Phi) is 3.59. The molecule has 0 aliphatic carbocycles. The standard InChI is InChI=1S/C8H12N2O4S/c1-2-9-15(13,14)6-5-10-7(11)3-4-8(10)12/h3-4,9H,2,5-6H2,1H3. The highest BCUT2D eigenvalue weighted by molar-refractivity contribution is 7.89. The summed E-state index contributed by atoms with van der Waals surface area (Å²) in [5, 5.41) is 0. The van der Waals surface area contributed by atoms with E-state index in [1.54, 1.807) is 6.92 Å². The Morgan fingerprint density at radius 3 is 2.27 bits per heavy atom. The summed E-state index contributed by atoms with van der Waals surface area (Å²) in [6.45, 7) is 1.84. The SMILES string of the molecule is CCNS(=O)(=O)CCN1C(=O)C=CC1=O. The molecule has 0 aromatic heterocycles. The van der Waals surface area contributed by atoms with Crippen molar-refractivity contribution in [1.29, 1.82) is 0 Å². The maximum absolute atomic E-state index is 11.2. The van der Waals surface area contributed by atoms with Crippen LogP contribution in [0.25, 0.3) is 0 Å². The molecule has 0 saturated carbocycles. The summed E-state index contributed by atoms with van der Waals surface area (Å²) in [6.07, 6.45) is 2.25. The topological polar surface area (TPSA) is 83.6 Å². The summed E-state index contributed by atoms with van der Waals surface area (Å²) in [5.74, 6) is -1.20. The van der Waals surface area contributed by atoms with Crippen molar-refractivity contribution in [2.24, 2.45) is 0 Å². The number of nitrogens with zero attached hydrogens (tertiary/aromatic N) is 1. The van der Waals surface area contributed by atoms with Crippen molar-refractivity contribution in [2.75, 3.05) is 18.8 Å². The summed E-state index contributed by atoms with van der Waals surface area (Å²) >= 11 is 0. The number of hydrogen-bond donors (Lipinski definition) is 1. The van der Waals surface area contributed by atoms with Gasteiger partial charge in [-0.25, -0.2) is 13.1 Å². The number of rotatable bonds is 5. The number of amides is 2. The van der Waals surface area contributed by atoms with Crippen molar-refractivity contribution >= 4 is 21.8 Å². The first-order chi connectivity index (χ1) is 6.96. The van der Waals surface area contributed by atoms with Gasteiger partial charge in [-0.2, -0.15) is 0 Å². The molecule has 7 heteroatoms. The molecule has 1 aliphatic rings. The molecule has 0 aromatic carbocycles. The third-order valence-corrected chi connectivity index (χ3v) is 3.30. The van der Waals surface area contributed by atoms with Crippen molar-refractivity contribution in [3.8, 4) is 0 Å². The average molecular weight is 232 g/mol. The van der Waals surface area contributed by atoms with Crippen molar-refractivity contribution in [1.82, 2.24) is 9.62 Å². The molecule has 0 fully saturated rings. The number of hydrogen-bond acceptors (Lipinski definition) is 4. The average Bonchev–Trinajstić information content (AvgIpc) is 2.44. The third kappa shape index (κ3) is 3.14. The molecule has 84 valence electrons. The second-order valence-electron chi connectivity index (χ2n) is 2.98. The summed E-state index contributed by atoms with van der Waals surface area (Å²) in [7, 11) is -3.39. The molecular formula is C8H12N2O4S. The lowest BCUT2D eigenvalue weighted by molar-refractivity contribution is -0.136. The van der Waals surface area contributed by atoms with Crippen LogP contribution in [0.1, 0.15) is 6.92 Å². The highest BCUT2D eigenvalue weighted by Crippen LogP contribution is 2.03. The molecule has 15 heavy (non-hydrogen) atoms. The molecule has 1 heterocycles. The van der Waals surface area contributed by atoms with E-state index in [-0.39, 0.29) is 12.3 Å². The lowest BCUT2D eigenvalue weighted by Crippen LogP contribution is -2.37. The van der Waals surface area contributed by atoms with Gasteiger partial charge in [0.1, 0.15) is 0 Å². The number of nitrogens with one attached hydrogen (secondary N) is 1. The van der Waals surface area contributed by atoms with Crippen LogP contribution >= 0.6 is 0 Å². The van der Waals surface area contributed by atoms with Crippen LogP contribution in [0.5, 0.6) is 0 Å². The minimum absolute atomic E-state index is 0.111. The first kappa shape index (κ1) is 11.9. The zero-order chi connectivity index (χ0) is 11.5. The predicted octanol–water partition coefficient (Wildman–Crippen LogP) is -1.15. The Balaban J connectivity index is 2.51. The largest absolute Gasteiger partial charge is 0.274 e. The zero-order valence-electron chi connectivity index (χ0n) is 8.26. The molecule has 0 saturated heterocycles. The molecule has 0 atom stereocenters. The van der Waals surface area contributed by atoms with Crippen LogP contribution in [0.4, 0.5) is 0 Å². The Labute approximate surface area is 88.0 Å². The van der Waals surface area contributed by atoms with Gasteiger partial charge in [-0.3, -0.25) is 14.5 Å². The van der Waals surface area contributed by atoms with Crippen LogP contribution in [-0.4, -0.2) is 44.0 Å². The van der Waals surface area contributed by atoms with Gasteiger partial charge in [0.25, 0.3) is 11.8 Å². The molecule has 1 N–H and O–H groups in total. The summed E-state index contributed by atoms with van der Waals surface area (Å²) in [6, 6.07) is 0. The van der Waals surface area contributed by atoms with Crippen LogP contribution in [-0.2, 0) is 19.6 Å². The van der Waals surface area contributed by atoms with E-state index in [4.69, 9.17) is 0 Å². The lowest BCUT2D eigenvalue weighted by atomic mass is 10.5. The van der Waals surface area contributed by atoms with Gasteiger partial charge < -0.3 is 0 Å². The first-order valence-corrected chi connectivity index (χ1v) is 6.12. The Hall–Kier alpha value is -1.21. The minimum Gasteiger partial charge on any atom is -0.274 e. The van der Waals surface area contributed by atoms with Crippen molar-refractivity contribution in [2.45, 2.75) is 6.92 Å². The maximum atomic E-state index is 11.2. The van der Waals surface area contributed by atoms with Gasteiger partial charge in [0, 0.05) is 25.2 Å². The van der Waals surface area contributed by atoms with Crippen LogP contribution in [0, 0.1) is 0 Å². The van der Waals surface area contributed by atoms with Gasteiger partial charge in [0.2, 0.25) is 10.0 Å². The predicted molar refractivity (Wildman–Crippen MR) is 53.3 cm³/mol. The molecule has 6 nitrogen and oxygen atoms in total. The Morgan fingerprint density at radius 2 is 1.80 bits per heavy atom. The van der Waals surface area contributed by atoms with E-state index in [9.17, 15) is 18.0 Å². The molecular weight excluding hydrogens is 220 g/mol. The van der Waals surface area contributed by atoms with E-state index < -0.39 is 21.8 Å². The van der Waals surface area contributed by atoms with E-state index in [2.05, 4.69) is 4.72 Å². The number of carbonyl (C=O) groups is 2. The van der Waals surface area contributed by atoms with Crippen LogP contribution in [0.15, 0.2) is 12.2 Å². The number of sulfonamides is 1. The fraction of sp³-hybridized carbons (Fsp3) is 0.500. The zero-order valence-corrected chi connectivity index (χ0v) is 9.08. The summed E-state index contributed by atoms with van der Waals surface area (Å²) in [5.41, 5.74) is 0. The van der Waals surface area contributed by atoms with E-state index >= 15 is 0 Å². The Bertz CT molecular complexity index is 381. The summed E-state index contributed by atoms with van der Waals surface area (Å²) in [4.78, 5) is 23.0. The molecule has 1 aliphatic heterocycles. The second-order valence-corrected chi connectivity index (χ2v) is 4.90. The molecule has 2 amide bonds. The van der Waals surface area contributed by atoms with E-state index in [1.807, 2.05) is 0 Å². The summed E-state index contributed by atoms with van der Waals surface area (Å²) < 4.78 is 24.7. The monoisotopic (exact) mass is 232 g/mol. The number of imide groups is 1. The van der Waals surface area contributed by atoms with Crippen molar-refractivity contribution in [3.05, 3.63) is 12.2 Å². The van der Waals surface area contributed by atoms with Crippen LogP contribution < -0.4 is 4.72 Å². The van der Waals surface area contributed by atoms with Crippen molar-refractivity contribution < 1.29 is 18.0 Å². The van der Waals surface area contributed by atoms with Gasteiger partial charge >= 0.3 is 0 Å². The quantitative estimate of drug-likeness (QED) is 0.607. The van der Waals surface area contributed by atoms with Crippen LogP contribution in [0.3, 0.4) is 0 Å². The van der Waals surface area contributed by atoms with E-state index in [1.165, 1.54) is 0 Å². The smallest absolute Gasteiger partial charge is 0.253 e. The fourth-order valence-electron chi connectivity index (χ4n) is 1.16. The second kappa shape index (κ2) is 4.54. The first-order valence-electron chi connectivity index (χ1n) is 4.47. The van der Waals surface area contributed by atoms with E-state index in [0.717, 1.165) is 17.1 Å². The third-order valence-electron chi connectivity index (χ3n) is 1.85. The van der Waals surface area contributed by atoms with Gasteiger partial charge in [-0.1, -0.05) is 6.92 Å². The van der Waals surface area contributed by atoms with Gasteiger partial charge in [0.15, 0.2) is 0 Å². The molecule has 0 bridgehead atoms. The molecule has 0 aromatic rings. The minimum atomic E-state index is -3.39. The van der Waals surface area contributed by atoms with Gasteiger partial charge in [0.05, 0.1) is 5.75 Å².